The second-order valence-corrected chi connectivity index (χ2v) is 8.88. The first-order valence-corrected chi connectivity index (χ1v) is 10.7. The molecule has 158 valence electrons. The van der Waals surface area contributed by atoms with E-state index in [4.69, 9.17) is 0 Å². The highest BCUT2D eigenvalue weighted by atomic mass is 79.9. The van der Waals surface area contributed by atoms with Crippen LogP contribution < -0.4 is 4.90 Å². The predicted molar refractivity (Wildman–Crippen MR) is 122 cm³/mol. The standard InChI is InChI=1S/C25H22BrNO4/c1-15-7-8-16(2)17(11-15)14-27-21-10-9-18(26)12-20(21)25(31,24(27)30)13-23(29)19-5-3-4-6-22(19)28/h3-12,28,31H,13-14H2,1-2H3/t25-/m1/s1. The molecule has 3 aromatic rings. The van der Waals surface area contributed by atoms with Crippen LogP contribution in [0.1, 0.15) is 39.0 Å². The summed E-state index contributed by atoms with van der Waals surface area (Å²) in [5.74, 6) is -1.23. The summed E-state index contributed by atoms with van der Waals surface area (Å²) in [5, 5.41) is 21.6. The number of halogens is 1. The first kappa shape index (κ1) is 21.3. The highest BCUT2D eigenvalue weighted by Crippen LogP contribution is 2.45. The number of hydrogen-bond donors (Lipinski definition) is 2. The van der Waals surface area contributed by atoms with Gasteiger partial charge in [-0.15, -0.1) is 0 Å². The molecule has 4 rings (SSSR count). The average Bonchev–Trinajstić information content (AvgIpc) is 2.92. The van der Waals surface area contributed by atoms with E-state index in [0.29, 0.717) is 15.7 Å². The Morgan fingerprint density at radius 1 is 1.06 bits per heavy atom. The van der Waals surface area contributed by atoms with Gasteiger partial charge in [0.2, 0.25) is 0 Å². The highest BCUT2D eigenvalue weighted by Gasteiger charge is 2.51. The normalized spacial score (nSPS) is 17.7. The molecule has 1 aliphatic rings. The van der Waals surface area contributed by atoms with Gasteiger partial charge in [0, 0.05) is 10.0 Å². The molecular weight excluding hydrogens is 458 g/mol. The first-order valence-electron chi connectivity index (χ1n) is 9.92. The molecule has 0 aliphatic carbocycles. The number of hydrogen-bond acceptors (Lipinski definition) is 4. The molecular formula is C25H22BrNO4. The molecule has 0 fully saturated rings. The monoisotopic (exact) mass is 479 g/mol. The molecule has 1 amide bonds. The van der Waals surface area contributed by atoms with E-state index in [1.54, 1.807) is 30.3 Å². The number of Topliss-reactive ketones (excluding diaryl/α,β-unsaturated/α-hetero) is 1. The zero-order chi connectivity index (χ0) is 22.3. The van der Waals surface area contributed by atoms with Crippen LogP contribution in [0, 0.1) is 13.8 Å². The van der Waals surface area contributed by atoms with E-state index in [-0.39, 0.29) is 17.9 Å². The van der Waals surface area contributed by atoms with E-state index in [1.165, 1.54) is 17.0 Å². The summed E-state index contributed by atoms with van der Waals surface area (Å²) in [6.45, 7) is 4.25. The molecule has 3 aromatic carbocycles. The van der Waals surface area contributed by atoms with Gasteiger partial charge >= 0.3 is 0 Å². The summed E-state index contributed by atoms with van der Waals surface area (Å²) < 4.78 is 0.695. The smallest absolute Gasteiger partial charge is 0.264 e. The van der Waals surface area contributed by atoms with Gasteiger partial charge in [0.25, 0.3) is 5.91 Å². The van der Waals surface area contributed by atoms with Crippen molar-refractivity contribution in [3.63, 3.8) is 0 Å². The maximum Gasteiger partial charge on any atom is 0.264 e. The minimum absolute atomic E-state index is 0.0771. The number of amides is 1. The molecule has 0 unspecified atom stereocenters. The number of rotatable bonds is 5. The van der Waals surface area contributed by atoms with E-state index < -0.39 is 23.7 Å². The summed E-state index contributed by atoms with van der Waals surface area (Å²) in [4.78, 5) is 28.0. The largest absolute Gasteiger partial charge is 0.507 e. The van der Waals surface area contributed by atoms with Crippen LogP contribution in [-0.4, -0.2) is 21.9 Å². The van der Waals surface area contributed by atoms with Gasteiger partial charge in [0.05, 0.1) is 24.2 Å². The van der Waals surface area contributed by atoms with Crippen molar-refractivity contribution in [1.29, 1.82) is 0 Å². The molecule has 1 atom stereocenters. The van der Waals surface area contributed by atoms with Crippen LogP contribution in [0.3, 0.4) is 0 Å². The van der Waals surface area contributed by atoms with Gasteiger partial charge in [0.1, 0.15) is 5.75 Å². The molecule has 0 saturated carbocycles. The minimum atomic E-state index is -2.02. The third kappa shape index (κ3) is 3.77. The Bertz CT molecular complexity index is 1210. The summed E-state index contributed by atoms with van der Waals surface area (Å²) in [5.41, 5.74) is 2.09. The Kier molecular flexibility index (Phi) is 5.45. The van der Waals surface area contributed by atoms with Gasteiger partial charge in [-0.25, -0.2) is 0 Å². The molecule has 6 heteroatoms. The molecule has 0 radical (unpaired) electrons. The SMILES string of the molecule is Cc1ccc(C)c(CN2C(=O)[C@@](O)(CC(=O)c3ccccc3O)c3cc(Br)ccc32)c1. The molecule has 2 N–H and O–H groups in total. The van der Waals surface area contributed by atoms with Crippen LogP contribution in [0.5, 0.6) is 5.75 Å². The Morgan fingerprint density at radius 3 is 2.55 bits per heavy atom. The fourth-order valence-electron chi connectivity index (χ4n) is 4.03. The Labute approximate surface area is 189 Å². The Morgan fingerprint density at radius 2 is 1.81 bits per heavy atom. The third-order valence-electron chi connectivity index (χ3n) is 5.75. The van der Waals surface area contributed by atoms with E-state index in [0.717, 1.165) is 16.7 Å². The van der Waals surface area contributed by atoms with Crippen LogP contribution >= 0.6 is 15.9 Å². The van der Waals surface area contributed by atoms with E-state index >= 15 is 0 Å². The number of phenolic OH excluding ortho intramolecular Hbond substituents is 1. The molecule has 1 heterocycles. The number of carbonyl (C=O) groups excluding carboxylic acids is 2. The lowest BCUT2D eigenvalue weighted by atomic mass is 9.88. The number of nitrogens with zero attached hydrogens (tertiary/aromatic N) is 1. The topological polar surface area (TPSA) is 77.8 Å². The Hall–Kier alpha value is -2.96. The molecule has 0 spiro atoms. The second kappa shape index (κ2) is 7.94. The number of fused-ring (bicyclic) bond motifs is 1. The van der Waals surface area contributed by atoms with Crippen molar-refractivity contribution in [2.45, 2.75) is 32.4 Å². The van der Waals surface area contributed by atoms with Gasteiger partial charge in [-0.1, -0.05) is 51.8 Å². The van der Waals surface area contributed by atoms with Crippen LogP contribution in [0.2, 0.25) is 0 Å². The fourth-order valence-corrected chi connectivity index (χ4v) is 4.39. The number of aromatic hydroxyl groups is 1. The van der Waals surface area contributed by atoms with Crippen molar-refractivity contribution in [2.75, 3.05) is 4.90 Å². The number of carbonyl (C=O) groups is 2. The summed E-state index contributed by atoms with van der Waals surface area (Å²) in [7, 11) is 0. The van der Waals surface area contributed by atoms with Gasteiger partial charge in [-0.05, 0) is 55.3 Å². The average molecular weight is 480 g/mol. The number of phenols is 1. The summed E-state index contributed by atoms with van der Waals surface area (Å²) in [6.07, 6.45) is -0.462. The predicted octanol–water partition coefficient (Wildman–Crippen LogP) is 4.78. The third-order valence-corrected chi connectivity index (χ3v) is 6.24. The lowest BCUT2D eigenvalue weighted by molar-refractivity contribution is -0.136. The van der Waals surface area contributed by atoms with Crippen LogP contribution in [0.15, 0.2) is 65.1 Å². The van der Waals surface area contributed by atoms with Gasteiger partial charge in [-0.2, -0.15) is 0 Å². The maximum absolute atomic E-state index is 13.5. The molecule has 0 saturated heterocycles. The van der Waals surface area contributed by atoms with Crippen LogP contribution in [-0.2, 0) is 16.9 Å². The zero-order valence-electron chi connectivity index (χ0n) is 17.2. The van der Waals surface area contributed by atoms with Crippen LogP contribution in [0.4, 0.5) is 5.69 Å². The van der Waals surface area contributed by atoms with Crippen molar-refractivity contribution < 1.29 is 19.8 Å². The minimum Gasteiger partial charge on any atom is -0.507 e. The molecule has 31 heavy (non-hydrogen) atoms. The van der Waals surface area contributed by atoms with Crippen molar-refractivity contribution in [2.24, 2.45) is 0 Å². The number of benzene rings is 3. The summed E-state index contributed by atoms with van der Waals surface area (Å²) >= 11 is 3.40. The lowest BCUT2D eigenvalue weighted by Crippen LogP contribution is -2.41. The number of para-hydroxylation sites is 1. The number of aryl methyl sites for hydroxylation is 2. The fraction of sp³-hybridized carbons (Fsp3) is 0.200. The van der Waals surface area contributed by atoms with E-state index in [2.05, 4.69) is 15.9 Å². The number of anilines is 1. The van der Waals surface area contributed by atoms with Gasteiger partial charge < -0.3 is 15.1 Å². The van der Waals surface area contributed by atoms with Crippen molar-refractivity contribution >= 4 is 33.3 Å². The van der Waals surface area contributed by atoms with Gasteiger partial charge in [0.15, 0.2) is 11.4 Å². The highest BCUT2D eigenvalue weighted by molar-refractivity contribution is 9.10. The second-order valence-electron chi connectivity index (χ2n) is 7.96. The molecule has 1 aliphatic heterocycles. The van der Waals surface area contributed by atoms with Gasteiger partial charge in [-0.3, -0.25) is 9.59 Å². The number of aliphatic hydroxyl groups is 1. The quantitative estimate of drug-likeness (QED) is 0.516. The summed E-state index contributed by atoms with van der Waals surface area (Å²) in [6, 6.07) is 17.4. The molecule has 0 aromatic heterocycles. The molecule has 5 nitrogen and oxygen atoms in total. The lowest BCUT2D eigenvalue weighted by Gasteiger charge is -2.23. The molecule has 0 bridgehead atoms. The first-order chi connectivity index (χ1) is 14.7. The maximum atomic E-state index is 13.5. The zero-order valence-corrected chi connectivity index (χ0v) is 18.8. The van der Waals surface area contributed by atoms with Crippen molar-refractivity contribution in [1.82, 2.24) is 0 Å². The van der Waals surface area contributed by atoms with Crippen molar-refractivity contribution in [3.05, 3.63) is 93.0 Å². The number of ketones is 1. The Balaban J connectivity index is 1.75. The van der Waals surface area contributed by atoms with Crippen molar-refractivity contribution in [3.8, 4) is 5.75 Å². The van der Waals surface area contributed by atoms with E-state index in [1.807, 2.05) is 32.0 Å². The van der Waals surface area contributed by atoms with Crippen LogP contribution in [0.25, 0.3) is 0 Å². The van der Waals surface area contributed by atoms with E-state index in [9.17, 15) is 19.8 Å².